The molecule has 0 saturated heterocycles. The number of thioether (sulfide) groups is 1. The second-order valence-electron chi connectivity index (χ2n) is 7.75. The lowest BCUT2D eigenvalue weighted by atomic mass is 9.92. The van der Waals surface area contributed by atoms with E-state index in [-0.39, 0.29) is 17.4 Å². The number of aromatic nitrogens is 1. The molecule has 2 aromatic rings. The number of hydrogen-bond donors (Lipinski definition) is 0. The summed E-state index contributed by atoms with van der Waals surface area (Å²) in [5.74, 6) is 0.564. The van der Waals surface area contributed by atoms with Gasteiger partial charge in [-0.25, -0.2) is 9.37 Å². The molecule has 0 atom stereocenters. The maximum atomic E-state index is 14.5. The van der Waals surface area contributed by atoms with Crippen molar-refractivity contribution in [2.45, 2.75) is 72.2 Å². The van der Waals surface area contributed by atoms with Gasteiger partial charge in [-0.15, -0.1) is 0 Å². The molecule has 0 saturated carbocycles. The molecular weight excluding hydrogens is 414 g/mol. The van der Waals surface area contributed by atoms with Crippen molar-refractivity contribution in [1.29, 1.82) is 0 Å². The molecule has 2 nitrogen and oxygen atoms in total. The Morgan fingerprint density at radius 1 is 0.900 bits per heavy atom. The lowest BCUT2D eigenvalue weighted by Gasteiger charge is -2.22. The molecule has 0 aliphatic heterocycles. The highest BCUT2D eigenvalue weighted by Gasteiger charge is 2.24. The molecule has 0 amide bonds. The zero-order valence-corrected chi connectivity index (χ0v) is 20.1. The quantitative estimate of drug-likeness (QED) is 0.442. The SMILES string of the molecule is CC.CSC(F)(F)F.Cc1cc(OC(C)(C)C)nc(-c2ccccc2C(C)(C)F)c1. The average Bonchev–Trinajstić information content (AvgIpc) is 2.60. The van der Waals surface area contributed by atoms with Gasteiger partial charge < -0.3 is 4.74 Å². The van der Waals surface area contributed by atoms with Gasteiger partial charge in [0.15, 0.2) is 0 Å². The van der Waals surface area contributed by atoms with Crippen LogP contribution in [0.5, 0.6) is 5.88 Å². The fraction of sp³-hybridized carbons (Fsp3) is 0.522. The van der Waals surface area contributed by atoms with Crippen LogP contribution in [0.1, 0.15) is 59.6 Å². The van der Waals surface area contributed by atoms with Crippen LogP contribution in [-0.2, 0) is 5.67 Å². The molecule has 2 rings (SSSR count). The lowest BCUT2D eigenvalue weighted by Crippen LogP contribution is -2.23. The highest BCUT2D eigenvalue weighted by atomic mass is 32.2. The van der Waals surface area contributed by atoms with Gasteiger partial charge in [0.1, 0.15) is 11.3 Å². The van der Waals surface area contributed by atoms with Crippen molar-refractivity contribution in [3.63, 3.8) is 0 Å². The summed E-state index contributed by atoms with van der Waals surface area (Å²) in [6.07, 6.45) is 1.00. The second kappa shape index (κ2) is 11.6. The van der Waals surface area contributed by atoms with Gasteiger partial charge in [-0.2, -0.15) is 13.2 Å². The van der Waals surface area contributed by atoms with Gasteiger partial charge in [-0.05, 0) is 65.0 Å². The predicted molar refractivity (Wildman–Crippen MR) is 120 cm³/mol. The lowest BCUT2D eigenvalue weighted by molar-refractivity contribution is -0.0323. The third-order valence-corrected chi connectivity index (χ3v) is 3.89. The zero-order valence-electron chi connectivity index (χ0n) is 19.2. The molecule has 0 N–H and O–H groups in total. The minimum atomic E-state index is -4.04. The molecule has 1 aromatic carbocycles. The monoisotopic (exact) mass is 447 g/mol. The summed E-state index contributed by atoms with van der Waals surface area (Å²) in [5, 5.41) is 0. The Bertz CT molecular complexity index is 778. The molecule has 170 valence electrons. The number of benzene rings is 1. The van der Waals surface area contributed by atoms with Gasteiger partial charge in [0.25, 0.3) is 0 Å². The van der Waals surface area contributed by atoms with Crippen molar-refractivity contribution in [3.05, 3.63) is 47.5 Å². The summed E-state index contributed by atoms with van der Waals surface area (Å²) in [5.41, 5.74) is -2.58. The molecule has 1 aromatic heterocycles. The summed E-state index contributed by atoms with van der Waals surface area (Å²) in [4.78, 5) is 4.57. The number of halogens is 4. The number of aryl methyl sites for hydroxylation is 1. The van der Waals surface area contributed by atoms with Crippen LogP contribution in [0.4, 0.5) is 17.6 Å². The first-order valence-corrected chi connectivity index (χ1v) is 10.9. The van der Waals surface area contributed by atoms with Crippen LogP contribution in [0, 0.1) is 6.92 Å². The highest BCUT2D eigenvalue weighted by molar-refractivity contribution is 7.99. The van der Waals surface area contributed by atoms with E-state index in [0.717, 1.165) is 23.1 Å². The van der Waals surface area contributed by atoms with E-state index in [2.05, 4.69) is 4.98 Å². The first-order chi connectivity index (χ1) is 13.6. The van der Waals surface area contributed by atoms with Gasteiger partial charge >= 0.3 is 5.51 Å². The first-order valence-electron chi connectivity index (χ1n) is 9.71. The summed E-state index contributed by atoms with van der Waals surface area (Å²) in [6.45, 7) is 15.1. The number of ether oxygens (including phenoxy) is 1. The van der Waals surface area contributed by atoms with Crippen molar-refractivity contribution in [2.24, 2.45) is 0 Å². The van der Waals surface area contributed by atoms with Crippen LogP contribution in [-0.4, -0.2) is 22.3 Å². The summed E-state index contributed by atoms with van der Waals surface area (Å²) in [6, 6.07) is 11.3. The van der Waals surface area contributed by atoms with Crippen molar-refractivity contribution < 1.29 is 22.3 Å². The Hall–Kier alpha value is -1.76. The van der Waals surface area contributed by atoms with E-state index in [4.69, 9.17) is 4.74 Å². The standard InChI is InChI=1S/C19H24FNO.C2H3F3S.C2H6/c1-13-11-16(21-17(12-13)22-18(2,3)4)14-9-7-8-10-15(14)19(5,6)20;1-6-2(3,4)5;1-2/h7-12H,1-6H3;1H3;1-2H3. The molecule has 0 fully saturated rings. The van der Waals surface area contributed by atoms with Crippen LogP contribution in [0.2, 0.25) is 0 Å². The Morgan fingerprint density at radius 2 is 1.40 bits per heavy atom. The topological polar surface area (TPSA) is 22.1 Å². The largest absolute Gasteiger partial charge is 0.472 e. The van der Waals surface area contributed by atoms with Gasteiger partial charge in [0, 0.05) is 11.6 Å². The van der Waals surface area contributed by atoms with Crippen molar-refractivity contribution in [2.75, 3.05) is 6.26 Å². The number of alkyl halides is 4. The van der Waals surface area contributed by atoms with Crippen LogP contribution in [0.3, 0.4) is 0 Å². The molecule has 1 heterocycles. The zero-order chi connectivity index (χ0) is 23.8. The molecule has 0 bridgehead atoms. The molecule has 0 aliphatic rings. The van der Waals surface area contributed by atoms with Crippen LogP contribution < -0.4 is 4.74 Å². The molecule has 0 aliphatic carbocycles. The number of pyridine rings is 1. The smallest absolute Gasteiger partial charge is 0.441 e. The van der Waals surface area contributed by atoms with Crippen molar-refractivity contribution in [3.8, 4) is 17.1 Å². The van der Waals surface area contributed by atoms with Gasteiger partial charge in [-0.1, -0.05) is 49.9 Å². The number of rotatable bonds is 3. The van der Waals surface area contributed by atoms with Gasteiger partial charge in [0.2, 0.25) is 5.88 Å². The van der Waals surface area contributed by atoms with E-state index in [0.29, 0.717) is 11.4 Å². The Labute approximate surface area is 182 Å². The van der Waals surface area contributed by atoms with Crippen LogP contribution >= 0.6 is 11.8 Å². The third-order valence-electron chi connectivity index (χ3n) is 3.43. The summed E-state index contributed by atoms with van der Waals surface area (Å²) >= 11 is -0.118. The summed E-state index contributed by atoms with van der Waals surface area (Å²) in [7, 11) is 0. The van der Waals surface area contributed by atoms with Crippen molar-refractivity contribution in [1.82, 2.24) is 4.98 Å². The molecule has 0 spiro atoms. The fourth-order valence-electron chi connectivity index (χ4n) is 2.36. The molecule has 0 unspecified atom stereocenters. The minimum Gasteiger partial charge on any atom is -0.472 e. The normalized spacial score (nSPS) is 11.6. The van der Waals surface area contributed by atoms with E-state index in [9.17, 15) is 17.6 Å². The van der Waals surface area contributed by atoms with Crippen LogP contribution in [0.25, 0.3) is 11.3 Å². The Kier molecular flexibility index (Phi) is 10.9. The first kappa shape index (κ1) is 28.2. The number of hydrogen-bond acceptors (Lipinski definition) is 3. The molecule has 7 heteroatoms. The van der Waals surface area contributed by atoms with Gasteiger partial charge in [0.05, 0.1) is 5.69 Å². The molecule has 30 heavy (non-hydrogen) atoms. The second-order valence-corrected chi connectivity index (χ2v) is 8.62. The predicted octanol–water partition coefficient (Wildman–Crippen LogP) is 8.33. The highest BCUT2D eigenvalue weighted by Crippen LogP contribution is 2.34. The Morgan fingerprint density at radius 3 is 1.83 bits per heavy atom. The van der Waals surface area contributed by atoms with Gasteiger partial charge in [-0.3, -0.25) is 0 Å². The van der Waals surface area contributed by atoms with E-state index >= 15 is 0 Å². The Balaban J connectivity index is 0.000000905. The number of nitrogens with zero attached hydrogens (tertiary/aromatic N) is 1. The average molecular weight is 448 g/mol. The van der Waals surface area contributed by atoms with E-state index in [1.807, 2.05) is 77.9 Å². The third kappa shape index (κ3) is 10.9. The minimum absolute atomic E-state index is 0.118. The maximum Gasteiger partial charge on any atom is 0.441 e. The fourth-order valence-corrected chi connectivity index (χ4v) is 2.36. The molecular formula is C23H33F4NOS. The molecule has 0 radical (unpaired) electrons. The summed E-state index contributed by atoms with van der Waals surface area (Å²) < 4.78 is 52.6. The van der Waals surface area contributed by atoms with Crippen molar-refractivity contribution >= 4 is 11.8 Å². The van der Waals surface area contributed by atoms with E-state index in [1.165, 1.54) is 0 Å². The van der Waals surface area contributed by atoms with E-state index in [1.54, 1.807) is 13.8 Å². The maximum absolute atomic E-state index is 14.5. The van der Waals surface area contributed by atoms with Crippen LogP contribution in [0.15, 0.2) is 36.4 Å². The van der Waals surface area contributed by atoms with E-state index < -0.39 is 11.2 Å².